The molecule has 0 radical (unpaired) electrons. The van der Waals surface area contributed by atoms with Crippen LogP contribution in [0.25, 0.3) is 0 Å². The number of hydrogen-bond acceptors (Lipinski definition) is 6. The molecule has 3 heterocycles. The van der Waals surface area contributed by atoms with Crippen molar-refractivity contribution in [2.75, 3.05) is 31.1 Å². The summed E-state index contributed by atoms with van der Waals surface area (Å²) in [5.74, 6) is 1.40. The highest BCUT2D eigenvalue weighted by atomic mass is 16.5. The fourth-order valence-corrected chi connectivity index (χ4v) is 3.79. The Hall–Kier alpha value is -1.92. The summed E-state index contributed by atoms with van der Waals surface area (Å²) in [6.45, 7) is 4.46. The maximum atomic E-state index is 6.01. The molecule has 24 heavy (non-hydrogen) atoms. The topological polar surface area (TPSA) is 54.6 Å². The van der Waals surface area contributed by atoms with Gasteiger partial charge in [-0.15, -0.1) is 0 Å². The zero-order valence-corrected chi connectivity index (χ0v) is 13.7. The number of rotatable bonds is 4. The molecule has 2 aromatic rings. The molecule has 5 rings (SSSR count). The molecule has 2 aliphatic heterocycles. The molecule has 1 aromatic heterocycles. The van der Waals surface area contributed by atoms with Crippen LogP contribution in [0.3, 0.4) is 0 Å². The predicted molar refractivity (Wildman–Crippen MR) is 88.9 cm³/mol. The Morgan fingerprint density at radius 2 is 2.00 bits per heavy atom. The van der Waals surface area contributed by atoms with Gasteiger partial charge < -0.3 is 14.2 Å². The van der Waals surface area contributed by atoms with Gasteiger partial charge in [-0.3, -0.25) is 4.90 Å². The number of ether oxygens (including phenoxy) is 1. The van der Waals surface area contributed by atoms with Crippen molar-refractivity contribution in [1.29, 1.82) is 0 Å². The summed E-state index contributed by atoms with van der Waals surface area (Å²) in [5, 5.41) is 4.14. The van der Waals surface area contributed by atoms with Crippen molar-refractivity contribution in [3.63, 3.8) is 0 Å². The molecule has 1 aliphatic carbocycles. The minimum atomic E-state index is 0.221. The van der Waals surface area contributed by atoms with Gasteiger partial charge in [0.15, 0.2) is 5.82 Å². The minimum Gasteiger partial charge on any atom is -0.373 e. The molecule has 126 valence electrons. The van der Waals surface area contributed by atoms with Crippen LogP contribution in [0.4, 0.5) is 6.01 Å². The molecule has 3 aliphatic rings. The molecule has 6 heteroatoms. The van der Waals surface area contributed by atoms with Gasteiger partial charge >= 0.3 is 6.01 Å². The molecule has 1 saturated carbocycles. The van der Waals surface area contributed by atoms with Crippen molar-refractivity contribution < 1.29 is 9.26 Å². The third-order valence-corrected chi connectivity index (χ3v) is 5.29. The minimum absolute atomic E-state index is 0.221. The lowest BCUT2D eigenvalue weighted by molar-refractivity contribution is -0.0499. The number of nitrogens with zero attached hydrogens (tertiary/aromatic N) is 4. The Morgan fingerprint density at radius 1 is 1.12 bits per heavy atom. The summed E-state index contributed by atoms with van der Waals surface area (Å²) in [6.07, 6.45) is 2.61. The summed E-state index contributed by atoms with van der Waals surface area (Å²) in [6, 6.07) is 11.7. The Balaban J connectivity index is 1.30. The Morgan fingerprint density at radius 3 is 2.83 bits per heavy atom. The fraction of sp³-hybridized carbons (Fsp3) is 0.556. The van der Waals surface area contributed by atoms with Crippen LogP contribution in [0, 0.1) is 0 Å². The van der Waals surface area contributed by atoms with E-state index in [0.29, 0.717) is 18.0 Å². The maximum Gasteiger partial charge on any atom is 0.324 e. The van der Waals surface area contributed by atoms with Crippen LogP contribution in [-0.4, -0.2) is 53.4 Å². The van der Waals surface area contributed by atoms with Crippen LogP contribution in [0.15, 0.2) is 34.9 Å². The summed E-state index contributed by atoms with van der Waals surface area (Å²) >= 11 is 0. The molecule has 2 saturated heterocycles. The first kappa shape index (κ1) is 14.4. The van der Waals surface area contributed by atoms with Crippen molar-refractivity contribution in [2.45, 2.75) is 37.5 Å². The van der Waals surface area contributed by atoms with Gasteiger partial charge in [0.25, 0.3) is 0 Å². The summed E-state index contributed by atoms with van der Waals surface area (Å²) < 4.78 is 11.5. The average Bonchev–Trinajstić information content (AvgIpc) is 3.18. The van der Waals surface area contributed by atoms with Crippen molar-refractivity contribution in [1.82, 2.24) is 15.0 Å². The largest absolute Gasteiger partial charge is 0.373 e. The molecule has 0 amide bonds. The van der Waals surface area contributed by atoms with Crippen molar-refractivity contribution in [3.05, 3.63) is 41.7 Å². The summed E-state index contributed by atoms with van der Waals surface area (Å²) in [4.78, 5) is 9.32. The standard InChI is InChI=1S/C18H22N4O2/c1-2-4-13(5-3-1)10-21-8-9-23-16-12-22(11-15(16)21)18-19-17(20-24-18)14-6-7-14/h1-5,14-16H,6-12H2/t15-,16-/m0/s1. The first-order chi connectivity index (χ1) is 11.9. The normalized spacial score (nSPS) is 27.4. The smallest absolute Gasteiger partial charge is 0.324 e. The molecule has 6 nitrogen and oxygen atoms in total. The van der Waals surface area contributed by atoms with Gasteiger partial charge in [-0.2, -0.15) is 4.98 Å². The number of anilines is 1. The van der Waals surface area contributed by atoms with Crippen molar-refractivity contribution >= 4 is 6.01 Å². The quantitative estimate of drug-likeness (QED) is 0.857. The maximum absolute atomic E-state index is 6.01. The van der Waals surface area contributed by atoms with E-state index in [0.717, 1.165) is 38.6 Å². The van der Waals surface area contributed by atoms with E-state index in [9.17, 15) is 0 Å². The Bertz CT molecular complexity index is 700. The third kappa shape index (κ3) is 2.70. The lowest BCUT2D eigenvalue weighted by atomic mass is 10.1. The highest BCUT2D eigenvalue weighted by Crippen LogP contribution is 2.39. The van der Waals surface area contributed by atoms with E-state index in [-0.39, 0.29) is 6.10 Å². The first-order valence-electron chi connectivity index (χ1n) is 8.85. The van der Waals surface area contributed by atoms with Gasteiger partial charge in [-0.25, -0.2) is 0 Å². The Kier molecular flexibility index (Phi) is 3.52. The second-order valence-corrected chi connectivity index (χ2v) is 7.05. The zero-order valence-electron chi connectivity index (χ0n) is 13.7. The lowest BCUT2D eigenvalue weighted by Gasteiger charge is -2.36. The molecule has 0 unspecified atom stereocenters. The van der Waals surface area contributed by atoms with E-state index in [1.807, 2.05) is 0 Å². The predicted octanol–water partition coefficient (Wildman–Crippen LogP) is 2.04. The molecular weight excluding hydrogens is 304 g/mol. The van der Waals surface area contributed by atoms with E-state index in [1.165, 1.54) is 18.4 Å². The van der Waals surface area contributed by atoms with E-state index in [4.69, 9.17) is 9.26 Å². The second kappa shape index (κ2) is 5.86. The molecular formula is C18H22N4O2. The molecule has 0 N–H and O–H groups in total. The van der Waals surface area contributed by atoms with Crippen LogP contribution in [-0.2, 0) is 11.3 Å². The van der Waals surface area contributed by atoms with Gasteiger partial charge in [0.1, 0.15) is 0 Å². The molecule has 0 spiro atoms. The van der Waals surface area contributed by atoms with Crippen LogP contribution >= 0.6 is 0 Å². The monoisotopic (exact) mass is 326 g/mol. The SMILES string of the molecule is c1ccc(CN2CCO[C@H]3CN(c4nc(C5CC5)no4)C[C@@H]32)cc1. The van der Waals surface area contributed by atoms with Gasteiger partial charge in [0.05, 0.1) is 25.3 Å². The number of hydrogen-bond donors (Lipinski definition) is 0. The summed E-state index contributed by atoms with van der Waals surface area (Å²) in [7, 11) is 0. The first-order valence-corrected chi connectivity index (χ1v) is 8.85. The molecule has 3 fully saturated rings. The number of aromatic nitrogens is 2. The van der Waals surface area contributed by atoms with E-state index < -0.39 is 0 Å². The molecule has 2 atom stereocenters. The summed E-state index contributed by atoms with van der Waals surface area (Å²) in [5.41, 5.74) is 1.35. The van der Waals surface area contributed by atoms with Crippen molar-refractivity contribution in [3.8, 4) is 0 Å². The zero-order chi connectivity index (χ0) is 15.9. The van der Waals surface area contributed by atoms with Gasteiger partial charge in [0.2, 0.25) is 0 Å². The van der Waals surface area contributed by atoms with Gasteiger partial charge in [0, 0.05) is 25.6 Å². The number of morpholine rings is 1. The third-order valence-electron chi connectivity index (χ3n) is 5.29. The average molecular weight is 326 g/mol. The van der Waals surface area contributed by atoms with Crippen molar-refractivity contribution in [2.24, 2.45) is 0 Å². The van der Waals surface area contributed by atoms with Crippen LogP contribution < -0.4 is 4.90 Å². The van der Waals surface area contributed by atoms with Crippen LogP contribution in [0.1, 0.15) is 30.1 Å². The van der Waals surface area contributed by atoms with Gasteiger partial charge in [-0.1, -0.05) is 35.5 Å². The van der Waals surface area contributed by atoms with Crippen LogP contribution in [0.2, 0.25) is 0 Å². The highest BCUT2D eigenvalue weighted by Gasteiger charge is 2.42. The van der Waals surface area contributed by atoms with Crippen LogP contribution in [0.5, 0.6) is 0 Å². The molecule has 0 bridgehead atoms. The fourth-order valence-electron chi connectivity index (χ4n) is 3.79. The number of benzene rings is 1. The van der Waals surface area contributed by atoms with E-state index in [1.54, 1.807) is 0 Å². The Labute approximate surface area is 141 Å². The highest BCUT2D eigenvalue weighted by molar-refractivity contribution is 5.31. The second-order valence-electron chi connectivity index (χ2n) is 7.05. The van der Waals surface area contributed by atoms with E-state index >= 15 is 0 Å². The number of fused-ring (bicyclic) bond motifs is 1. The molecule has 1 aromatic carbocycles. The van der Waals surface area contributed by atoms with Gasteiger partial charge in [-0.05, 0) is 18.4 Å². The lowest BCUT2D eigenvalue weighted by Crippen LogP contribution is -2.50. The van der Waals surface area contributed by atoms with E-state index in [2.05, 4.69) is 50.3 Å².